The van der Waals surface area contributed by atoms with Crippen LogP contribution in [0.2, 0.25) is 0 Å². The molecule has 0 aliphatic carbocycles. The summed E-state index contributed by atoms with van der Waals surface area (Å²) >= 11 is 0. The normalized spacial score (nSPS) is 12.5. The highest BCUT2D eigenvalue weighted by Gasteiger charge is 2.24. The molecule has 9 aromatic carbocycles. The molecule has 9 aromatic rings. The summed E-state index contributed by atoms with van der Waals surface area (Å²) in [5.74, 6) is 1.83. The number of hydrogen-bond donors (Lipinski definition) is 0. The van der Waals surface area contributed by atoms with Crippen LogP contribution in [0.4, 0.5) is 0 Å². The van der Waals surface area contributed by atoms with Crippen LogP contribution in [0.25, 0.3) is 86.2 Å². The quantitative estimate of drug-likeness (QED) is 0.179. The van der Waals surface area contributed by atoms with E-state index >= 15 is 0 Å². The van der Waals surface area contributed by atoms with Crippen molar-refractivity contribution in [3.8, 4) is 11.5 Å². The summed E-state index contributed by atoms with van der Waals surface area (Å²) < 4.78 is 12.1. The van der Waals surface area contributed by atoms with Crippen LogP contribution in [0.5, 0.6) is 11.5 Å². The van der Waals surface area contributed by atoms with Crippen LogP contribution >= 0.6 is 0 Å². The van der Waals surface area contributed by atoms with E-state index < -0.39 is 0 Å². The first-order valence-electron chi connectivity index (χ1n) is 13.0. The van der Waals surface area contributed by atoms with E-state index in [1.165, 1.54) is 86.2 Å². The molecule has 0 amide bonds. The zero-order chi connectivity index (χ0) is 25.1. The van der Waals surface area contributed by atoms with Crippen molar-refractivity contribution in [1.29, 1.82) is 0 Å². The van der Waals surface area contributed by atoms with Crippen LogP contribution in [-0.2, 0) is 0 Å². The molecule has 0 saturated heterocycles. The van der Waals surface area contributed by atoms with Gasteiger partial charge in [-0.25, -0.2) is 0 Å². The average Bonchev–Trinajstić information content (AvgIpc) is 2.98. The van der Waals surface area contributed by atoms with Gasteiger partial charge >= 0.3 is 0 Å². The molecule has 2 nitrogen and oxygen atoms in total. The van der Waals surface area contributed by atoms with E-state index in [1.807, 2.05) is 0 Å². The molecule has 0 atom stereocenters. The second kappa shape index (κ2) is 6.93. The molecule has 0 unspecified atom stereocenters. The fraction of sp³-hybridized carbons (Fsp3) is 0.0556. The van der Waals surface area contributed by atoms with Crippen molar-refractivity contribution in [3.05, 3.63) is 97.1 Å². The maximum Gasteiger partial charge on any atom is 0.127 e. The van der Waals surface area contributed by atoms with E-state index in [0.717, 1.165) is 11.5 Å². The molecule has 0 radical (unpaired) electrons. The van der Waals surface area contributed by atoms with Gasteiger partial charge in [0, 0.05) is 32.3 Å². The molecule has 0 bridgehead atoms. The van der Waals surface area contributed by atoms with Crippen LogP contribution in [0.3, 0.4) is 0 Å². The molecule has 0 heterocycles. The lowest BCUT2D eigenvalue weighted by molar-refractivity contribution is 0.420. The molecule has 0 N–H and O–H groups in total. The van der Waals surface area contributed by atoms with Crippen molar-refractivity contribution in [2.75, 3.05) is 14.2 Å². The number of rotatable bonds is 2. The van der Waals surface area contributed by atoms with Crippen LogP contribution in [-0.4, -0.2) is 14.2 Å². The Labute approximate surface area is 218 Å². The van der Waals surface area contributed by atoms with E-state index in [4.69, 9.17) is 9.47 Å². The van der Waals surface area contributed by atoms with Gasteiger partial charge in [-0.15, -0.1) is 0 Å². The summed E-state index contributed by atoms with van der Waals surface area (Å²) in [7, 11) is 3.57. The van der Waals surface area contributed by atoms with Crippen LogP contribution in [0, 0.1) is 0 Å². The van der Waals surface area contributed by atoms with E-state index in [0.29, 0.717) is 0 Å². The Morgan fingerprint density at radius 3 is 1.11 bits per heavy atom. The summed E-state index contributed by atoms with van der Waals surface area (Å²) in [5, 5.41) is 20.1. The average molecular weight is 487 g/mol. The highest BCUT2D eigenvalue weighted by molar-refractivity contribution is 6.48. The fourth-order valence-electron chi connectivity index (χ4n) is 7.30. The third-order valence-corrected chi connectivity index (χ3v) is 8.70. The first kappa shape index (κ1) is 20.3. The molecule has 0 aliphatic rings. The Balaban J connectivity index is 1.76. The van der Waals surface area contributed by atoms with E-state index in [9.17, 15) is 0 Å². The van der Waals surface area contributed by atoms with Gasteiger partial charge in [0.15, 0.2) is 0 Å². The number of benzene rings is 9. The molecule has 0 aromatic heterocycles. The molecule has 0 spiro atoms. The van der Waals surface area contributed by atoms with Gasteiger partial charge in [0.1, 0.15) is 11.5 Å². The van der Waals surface area contributed by atoms with Gasteiger partial charge in [-0.3, -0.25) is 0 Å². The molecule has 2 heteroatoms. The topological polar surface area (TPSA) is 18.5 Å². The summed E-state index contributed by atoms with van der Waals surface area (Å²) in [5.41, 5.74) is 0. The minimum atomic E-state index is 0.914. The van der Waals surface area contributed by atoms with Crippen molar-refractivity contribution in [1.82, 2.24) is 0 Å². The molecule has 9 rings (SSSR count). The number of fused-ring (bicyclic) bond motifs is 6. The molecular weight excluding hydrogens is 464 g/mol. The molecule has 0 fully saturated rings. The van der Waals surface area contributed by atoms with Gasteiger partial charge in [-0.1, -0.05) is 84.9 Å². The van der Waals surface area contributed by atoms with Crippen LogP contribution in [0.1, 0.15) is 0 Å². The predicted molar refractivity (Wildman–Crippen MR) is 162 cm³/mol. The first-order valence-corrected chi connectivity index (χ1v) is 13.0. The van der Waals surface area contributed by atoms with Gasteiger partial charge < -0.3 is 9.47 Å². The zero-order valence-corrected chi connectivity index (χ0v) is 21.1. The second-order valence-electron chi connectivity index (χ2n) is 10.3. The highest BCUT2D eigenvalue weighted by Crippen LogP contribution is 2.52. The molecular formula is C36H22O2. The van der Waals surface area contributed by atoms with Gasteiger partial charge in [0.25, 0.3) is 0 Å². The lowest BCUT2D eigenvalue weighted by Gasteiger charge is -2.22. The monoisotopic (exact) mass is 486 g/mol. The lowest BCUT2D eigenvalue weighted by atomic mass is 9.81. The Morgan fingerprint density at radius 1 is 0.316 bits per heavy atom. The summed E-state index contributed by atoms with van der Waals surface area (Å²) in [6.07, 6.45) is 0. The zero-order valence-electron chi connectivity index (χ0n) is 21.1. The minimum absolute atomic E-state index is 0.914. The minimum Gasteiger partial charge on any atom is -0.496 e. The van der Waals surface area contributed by atoms with Crippen molar-refractivity contribution in [2.24, 2.45) is 0 Å². The second-order valence-corrected chi connectivity index (χ2v) is 10.3. The highest BCUT2D eigenvalue weighted by atomic mass is 16.5. The third-order valence-electron chi connectivity index (χ3n) is 8.70. The number of methoxy groups -OCH3 is 2. The van der Waals surface area contributed by atoms with Crippen molar-refractivity contribution in [2.45, 2.75) is 0 Å². The van der Waals surface area contributed by atoms with E-state index in [2.05, 4.69) is 97.1 Å². The molecule has 0 saturated carbocycles. The Kier molecular flexibility index (Phi) is 3.70. The fourth-order valence-corrected chi connectivity index (χ4v) is 7.30. The van der Waals surface area contributed by atoms with Gasteiger partial charge in [0.2, 0.25) is 0 Å². The van der Waals surface area contributed by atoms with E-state index in [-0.39, 0.29) is 0 Å². The van der Waals surface area contributed by atoms with Gasteiger partial charge in [0.05, 0.1) is 14.2 Å². The predicted octanol–water partition coefficient (Wildman–Crippen LogP) is 9.80. The Morgan fingerprint density at radius 2 is 0.684 bits per heavy atom. The van der Waals surface area contributed by atoms with Gasteiger partial charge in [-0.05, 0) is 66.0 Å². The smallest absolute Gasteiger partial charge is 0.127 e. The standard InChI is InChI=1S/C36H22O2/c1-37-27-17-15-19-7-3-9-21-23-11-6-14-26-31(23)33(35(27)29(19)21)25-13-5-12-24-22-10-4-8-20-16-18-28(38-2)36(30(20)22)34(26)32(24)25/h3-18H,1-2H3. The third kappa shape index (κ3) is 2.22. The number of hydrogen-bond acceptors (Lipinski definition) is 2. The molecule has 178 valence electrons. The van der Waals surface area contributed by atoms with Gasteiger partial charge in [-0.2, -0.15) is 0 Å². The largest absolute Gasteiger partial charge is 0.496 e. The summed E-state index contributed by atoms with van der Waals surface area (Å²) in [6, 6.07) is 35.4. The maximum atomic E-state index is 6.05. The SMILES string of the molecule is COc1ccc2cccc3c4cccc5c4c(c4cccc6c7cccc8ccc(OC)c(c87)c5c64)c1c23. The van der Waals surface area contributed by atoms with E-state index in [1.54, 1.807) is 14.2 Å². The number of ether oxygens (including phenoxy) is 2. The first-order chi connectivity index (χ1) is 18.8. The summed E-state index contributed by atoms with van der Waals surface area (Å²) in [4.78, 5) is 0. The molecule has 0 aliphatic heterocycles. The van der Waals surface area contributed by atoms with Crippen LogP contribution < -0.4 is 9.47 Å². The summed E-state index contributed by atoms with van der Waals surface area (Å²) in [6.45, 7) is 0. The van der Waals surface area contributed by atoms with Crippen molar-refractivity contribution >= 4 is 86.2 Å². The maximum absolute atomic E-state index is 6.05. The van der Waals surface area contributed by atoms with Crippen molar-refractivity contribution in [3.63, 3.8) is 0 Å². The lowest BCUT2D eigenvalue weighted by Crippen LogP contribution is -1.95. The Hall–Kier alpha value is -4.82. The Bertz CT molecular complexity index is 2240. The van der Waals surface area contributed by atoms with Crippen molar-refractivity contribution < 1.29 is 9.47 Å². The molecule has 38 heavy (non-hydrogen) atoms. The van der Waals surface area contributed by atoms with Crippen LogP contribution in [0.15, 0.2) is 97.1 Å².